The number of rotatable bonds is 8. The number of carbonyl (C=O) groups is 3. The predicted molar refractivity (Wildman–Crippen MR) is 88.7 cm³/mol. The molecule has 7 nitrogen and oxygen atoms in total. The zero-order chi connectivity index (χ0) is 18.1. The van der Waals surface area contributed by atoms with Crippen molar-refractivity contribution in [1.82, 2.24) is 10.6 Å². The highest BCUT2D eigenvalue weighted by molar-refractivity contribution is 5.96. The molecule has 0 fully saturated rings. The third kappa shape index (κ3) is 6.68. The largest absolute Gasteiger partial charge is 0.497 e. The highest BCUT2D eigenvalue weighted by Gasteiger charge is 2.13. The summed E-state index contributed by atoms with van der Waals surface area (Å²) >= 11 is 0. The third-order valence-electron chi connectivity index (χ3n) is 3.50. The van der Waals surface area contributed by atoms with E-state index < -0.39 is 11.9 Å². The zero-order valence-electron chi connectivity index (χ0n) is 14.4. The van der Waals surface area contributed by atoms with Crippen molar-refractivity contribution in [3.05, 3.63) is 29.8 Å². The van der Waals surface area contributed by atoms with E-state index in [2.05, 4.69) is 10.6 Å². The van der Waals surface area contributed by atoms with E-state index in [0.29, 0.717) is 11.3 Å². The van der Waals surface area contributed by atoms with Crippen molar-refractivity contribution in [3.8, 4) is 5.75 Å². The summed E-state index contributed by atoms with van der Waals surface area (Å²) in [5.41, 5.74) is 0.395. The Balaban J connectivity index is 2.32. The van der Waals surface area contributed by atoms with Crippen LogP contribution in [0.2, 0.25) is 0 Å². The Morgan fingerprint density at radius 2 is 1.71 bits per heavy atom. The van der Waals surface area contributed by atoms with Crippen LogP contribution in [0.4, 0.5) is 0 Å². The summed E-state index contributed by atoms with van der Waals surface area (Å²) in [6.07, 6.45) is 0. The number of methoxy groups -OCH3 is 1. The molecule has 0 saturated carbocycles. The van der Waals surface area contributed by atoms with Crippen molar-refractivity contribution >= 4 is 17.8 Å². The van der Waals surface area contributed by atoms with Crippen LogP contribution in [0.1, 0.15) is 31.1 Å². The quantitative estimate of drug-likeness (QED) is 0.694. The first-order chi connectivity index (χ1) is 11.3. The van der Waals surface area contributed by atoms with Gasteiger partial charge in [0.25, 0.3) is 11.8 Å². The fraction of sp³-hybridized carbons (Fsp3) is 0.471. The lowest BCUT2D eigenvalue weighted by molar-refractivity contribution is -0.147. The summed E-state index contributed by atoms with van der Waals surface area (Å²) in [5.74, 6) is -0.538. The van der Waals surface area contributed by atoms with Crippen molar-refractivity contribution in [1.29, 1.82) is 0 Å². The Hall–Kier alpha value is -2.57. The summed E-state index contributed by atoms with van der Waals surface area (Å²) in [7, 11) is 1.53. The van der Waals surface area contributed by atoms with Gasteiger partial charge in [0.1, 0.15) is 12.3 Å². The second kappa shape index (κ2) is 9.54. The molecule has 0 radical (unpaired) electrons. The average molecular weight is 336 g/mol. The lowest BCUT2D eigenvalue weighted by atomic mass is 10.1. The maximum Gasteiger partial charge on any atom is 0.325 e. The minimum absolute atomic E-state index is 0.00835. The first-order valence-corrected chi connectivity index (χ1v) is 7.70. The molecule has 2 amide bonds. The summed E-state index contributed by atoms with van der Waals surface area (Å²) in [4.78, 5) is 35.0. The van der Waals surface area contributed by atoms with Crippen LogP contribution in [0.5, 0.6) is 5.75 Å². The highest BCUT2D eigenvalue weighted by Crippen LogP contribution is 2.10. The number of hydrogen-bond acceptors (Lipinski definition) is 5. The SMILES string of the molecule is COc1ccc(C(=O)NCC(=O)OCC(=O)N[C@H](C)C(C)C)cc1. The van der Waals surface area contributed by atoms with Gasteiger partial charge in [-0.15, -0.1) is 0 Å². The van der Waals surface area contributed by atoms with E-state index >= 15 is 0 Å². The van der Waals surface area contributed by atoms with Crippen molar-refractivity contribution in [3.63, 3.8) is 0 Å². The molecule has 0 aromatic heterocycles. The van der Waals surface area contributed by atoms with Crippen LogP contribution in [0.25, 0.3) is 0 Å². The van der Waals surface area contributed by atoms with Crippen molar-refractivity contribution in [2.45, 2.75) is 26.8 Å². The predicted octanol–water partition coefficient (Wildman–Crippen LogP) is 1.13. The van der Waals surface area contributed by atoms with Gasteiger partial charge in [-0.1, -0.05) is 13.8 Å². The Kier molecular flexibility index (Phi) is 7.74. The van der Waals surface area contributed by atoms with Crippen LogP contribution in [-0.4, -0.2) is 44.1 Å². The number of hydrogen-bond donors (Lipinski definition) is 2. The van der Waals surface area contributed by atoms with Crippen LogP contribution in [-0.2, 0) is 14.3 Å². The van der Waals surface area contributed by atoms with E-state index in [-0.39, 0.29) is 31.0 Å². The molecular formula is C17H24N2O5. The molecule has 1 aromatic rings. The number of ether oxygens (including phenoxy) is 2. The molecule has 7 heteroatoms. The molecule has 0 aliphatic rings. The van der Waals surface area contributed by atoms with Gasteiger partial charge in [-0.2, -0.15) is 0 Å². The number of amides is 2. The zero-order valence-corrected chi connectivity index (χ0v) is 14.4. The normalized spacial score (nSPS) is 11.5. The van der Waals surface area contributed by atoms with E-state index in [0.717, 1.165) is 0 Å². The van der Waals surface area contributed by atoms with Gasteiger partial charge in [-0.25, -0.2) is 0 Å². The Morgan fingerprint density at radius 1 is 1.08 bits per heavy atom. The Morgan fingerprint density at radius 3 is 2.25 bits per heavy atom. The topological polar surface area (TPSA) is 93.7 Å². The van der Waals surface area contributed by atoms with E-state index in [9.17, 15) is 14.4 Å². The molecule has 0 saturated heterocycles. The van der Waals surface area contributed by atoms with Crippen LogP contribution in [0.3, 0.4) is 0 Å². The number of benzene rings is 1. The van der Waals surface area contributed by atoms with E-state index in [4.69, 9.17) is 9.47 Å². The first-order valence-electron chi connectivity index (χ1n) is 7.70. The number of carbonyl (C=O) groups excluding carboxylic acids is 3. The van der Waals surface area contributed by atoms with E-state index in [1.54, 1.807) is 24.3 Å². The van der Waals surface area contributed by atoms with Crippen molar-refractivity contribution in [2.24, 2.45) is 5.92 Å². The molecule has 2 N–H and O–H groups in total. The maximum atomic E-state index is 11.9. The van der Waals surface area contributed by atoms with Crippen LogP contribution in [0, 0.1) is 5.92 Å². The second-order valence-electron chi connectivity index (χ2n) is 5.67. The molecule has 0 spiro atoms. The van der Waals surface area contributed by atoms with Gasteiger partial charge in [0.2, 0.25) is 0 Å². The highest BCUT2D eigenvalue weighted by atomic mass is 16.5. The van der Waals surface area contributed by atoms with Crippen molar-refractivity contribution in [2.75, 3.05) is 20.3 Å². The van der Waals surface area contributed by atoms with E-state index in [1.807, 2.05) is 20.8 Å². The molecule has 0 heterocycles. The molecule has 1 atom stereocenters. The standard InChI is InChI=1S/C17H24N2O5/c1-11(2)12(3)19-15(20)10-24-16(21)9-18-17(22)13-5-7-14(23-4)8-6-13/h5-8,11-12H,9-10H2,1-4H3,(H,18,22)(H,19,20)/t12-/m1/s1. The first kappa shape index (κ1) is 19.5. The molecule has 132 valence electrons. The lowest BCUT2D eigenvalue weighted by Gasteiger charge is -2.17. The number of esters is 1. The minimum atomic E-state index is -0.677. The fourth-order valence-corrected chi connectivity index (χ4v) is 1.66. The van der Waals surface area contributed by atoms with Crippen molar-refractivity contribution < 1.29 is 23.9 Å². The molecule has 1 aromatic carbocycles. The van der Waals surface area contributed by atoms with Crippen LogP contribution in [0.15, 0.2) is 24.3 Å². The van der Waals surface area contributed by atoms with Gasteiger partial charge in [-0.05, 0) is 37.1 Å². The summed E-state index contributed by atoms with van der Waals surface area (Å²) < 4.78 is 9.82. The van der Waals surface area contributed by atoms with Crippen LogP contribution < -0.4 is 15.4 Å². The van der Waals surface area contributed by atoms with E-state index in [1.165, 1.54) is 7.11 Å². The minimum Gasteiger partial charge on any atom is -0.497 e. The Labute approximate surface area is 141 Å². The van der Waals surface area contributed by atoms with Gasteiger partial charge >= 0.3 is 5.97 Å². The van der Waals surface area contributed by atoms with Crippen LogP contribution >= 0.6 is 0 Å². The summed E-state index contributed by atoms with van der Waals surface area (Å²) in [6.45, 7) is 5.16. The molecule has 0 unspecified atom stereocenters. The average Bonchev–Trinajstić information content (AvgIpc) is 2.57. The van der Waals surface area contributed by atoms with Gasteiger partial charge < -0.3 is 20.1 Å². The third-order valence-corrected chi connectivity index (χ3v) is 3.50. The summed E-state index contributed by atoms with van der Waals surface area (Å²) in [5, 5.41) is 5.15. The maximum absolute atomic E-state index is 11.9. The second-order valence-corrected chi connectivity index (χ2v) is 5.67. The molecule has 0 bridgehead atoms. The molecule has 0 aliphatic heterocycles. The lowest BCUT2D eigenvalue weighted by Crippen LogP contribution is -2.39. The van der Waals surface area contributed by atoms with Gasteiger partial charge in [-0.3, -0.25) is 14.4 Å². The Bertz CT molecular complexity index is 569. The van der Waals surface area contributed by atoms with Gasteiger partial charge in [0.05, 0.1) is 7.11 Å². The molecule has 1 rings (SSSR count). The molecular weight excluding hydrogens is 312 g/mol. The van der Waals surface area contributed by atoms with Gasteiger partial charge in [0, 0.05) is 11.6 Å². The molecule has 24 heavy (non-hydrogen) atoms. The number of nitrogens with one attached hydrogen (secondary N) is 2. The monoisotopic (exact) mass is 336 g/mol. The molecule has 0 aliphatic carbocycles. The fourth-order valence-electron chi connectivity index (χ4n) is 1.66. The smallest absolute Gasteiger partial charge is 0.325 e. The summed E-state index contributed by atoms with van der Waals surface area (Å²) in [6, 6.07) is 6.45. The van der Waals surface area contributed by atoms with Gasteiger partial charge in [0.15, 0.2) is 6.61 Å².